The van der Waals surface area contributed by atoms with Gasteiger partial charge in [0.05, 0.1) is 0 Å². The summed E-state index contributed by atoms with van der Waals surface area (Å²) in [7, 11) is 0. The summed E-state index contributed by atoms with van der Waals surface area (Å²) in [5.41, 5.74) is 4.63. The van der Waals surface area contributed by atoms with E-state index in [1.54, 1.807) is 24.3 Å². The lowest BCUT2D eigenvalue weighted by Gasteiger charge is -2.18. The quantitative estimate of drug-likeness (QED) is 0.925. The van der Waals surface area contributed by atoms with Crippen LogP contribution in [-0.4, -0.2) is 18.4 Å². The van der Waals surface area contributed by atoms with Gasteiger partial charge < -0.3 is 10.2 Å². The van der Waals surface area contributed by atoms with Crippen molar-refractivity contribution in [3.05, 3.63) is 59.2 Å². The molecule has 0 saturated heterocycles. The van der Waals surface area contributed by atoms with Crippen LogP contribution < -0.4 is 10.2 Å². The van der Waals surface area contributed by atoms with E-state index >= 15 is 0 Å². The Morgan fingerprint density at radius 3 is 2.73 bits per heavy atom. The van der Waals surface area contributed by atoms with Crippen LogP contribution in [0.2, 0.25) is 0 Å². The molecule has 0 atom stereocenters. The number of aryl methyl sites for hydroxylation is 1. The number of rotatable bonds is 2. The Morgan fingerprint density at radius 1 is 1.14 bits per heavy atom. The monoisotopic (exact) mass is 294 g/mol. The minimum atomic E-state index is -0.147. The van der Waals surface area contributed by atoms with Crippen LogP contribution >= 0.6 is 0 Å². The van der Waals surface area contributed by atoms with E-state index < -0.39 is 0 Å². The van der Waals surface area contributed by atoms with E-state index in [1.165, 1.54) is 18.1 Å². The van der Waals surface area contributed by atoms with Crippen LogP contribution in [0.3, 0.4) is 0 Å². The molecule has 112 valence electrons. The number of nitrogens with one attached hydrogen (secondary N) is 1. The van der Waals surface area contributed by atoms with E-state index in [9.17, 15) is 9.59 Å². The highest BCUT2D eigenvalue weighted by molar-refractivity contribution is 6.08. The highest BCUT2D eigenvalue weighted by atomic mass is 16.2. The summed E-state index contributed by atoms with van der Waals surface area (Å²) in [6.07, 6.45) is 0.883. The first kappa shape index (κ1) is 14.3. The molecule has 1 aliphatic heterocycles. The Hall–Kier alpha value is -2.62. The molecule has 0 saturated carbocycles. The van der Waals surface area contributed by atoms with Crippen molar-refractivity contribution in [3.8, 4) is 0 Å². The normalized spacial score (nSPS) is 12.9. The van der Waals surface area contributed by atoms with Crippen molar-refractivity contribution >= 4 is 23.2 Å². The smallest absolute Gasteiger partial charge is 0.258 e. The van der Waals surface area contributed by atoms with Crippen LogP contribution in [0.15, 0.2) is 42.5 Å². The second kappa shape index (κ2) is 5.64. The first-order valence-corrected chi connectivity index (χ1v) is 7.33. The molecule has 0 aromatic heterocycles. The van der Waals surface area contributed by atoms with Gasteiger partial charge in [-0.1, -0.05) is 23.8 Å². The fraction of sp³-hybridized carbons (Fsp3) is 0.222. The molecule has 2 amide bonds. The van der Waals surface area contributed by atoms with Gasteiger partial charge in [-0.3, -0.25) is 9.59 Å². The standard InChI is InChI=1S/C18H18N2O2/c1-12-6-7-17-14(10-12)8-9-20(17)18(22)15-4-3-5-16(11-15)19-13(2)21/h3-7,10-11H,8-9H2,1-2H3,(H,19,21). The Bertz CT molecular complexity index is 753. The molecule has 1 aliphatic rings. The highest BCUT2D eigenvalue weighted by Crippen LogP contribution is 2.30. The molecule has 0 bridgehead atoms. The number of benzene rings is 2. The van der Waals surface area contributed by atoms with Crippen LogP contribution in [0.1, 0.15) is 28.4 Å². The van der Waals surface area contributed by atoms with E-state index in [1.807, 2.05) is 17.0 Å². The first-order chi connectivity index (χ1) is 10.5. The van der Waals surface area contributed by atoms with Gasteiger partial charge in [-0.15, -0.1) is 0 Å². The van der Waals surface area contributed by atoms with E-state index in [0.717, 1.165) is 12.1 Å². The Labute approximate surface area is 129 Å². The van der Waals surface area contributed by atoms with Crippen LogP contribution in [0, 0.1) is 6.92 Å². The summed E-state index contributed by atoms with van der Waals surface area (Å²) >= 11 is 0. The predicted molar refractivity (Wildman–Crippen MR) is 87.3 cm³/mol. The molecule has 3 rings (SSSR count). The van der Waals surface area contributed by atoms with Gasteiger partial charge in [0.2, 0.25) is 5.91 Å². The van der Waals surface area contributed by atoms with Crippen molar-refractivity contribution in [2.75, 3.05) is 16.8 Å². The Kier molecular flexibility index (Phi) is 3.67. The van der Waals surface area contributed by atoms with Crippen molar-refractivity contribution in [2.24, 2.45) is 0 Å². The minimum Gasteiger partial charge on any atom is -0.326 e. The Morgan fingerprint density at radius 2 is 1.95 bits per heavy atom. The van der Waals surface area contributed by atoms with Crippen molar-refractivity contribution in [2.45, 2.75) is 20.3 Å². The van der Waals surface area contributed by atoms with E-state index in [4.69, 9.17) is 0 Å². The summed E-state index contributed by atoms with van der Waals surface area (Å²) in [4.78, 5) is 25.7. The molecule has 0 fully saturated rings. The number of carbonyl (C=O) groups excluding carboxylic acids is 2. The topological polar surface area (TPSA) is 49.4 Å². The summed E-state index contributed by atoms with van der Waals surface area (Å²) in [5, 5.41) is 2.71. The fourth-order valence-corrected chi connectivity index (χ4v) is 2.83. The number of anilines is 2. The lowest BCUT2D eigenvalue weighted by Crippen LogP contribution is -2.28. The fourth-order valence-electron chi connectivity index (χ4n) is 2.83. The van der Waals surface area contributed by atoms with Crippen LogP contribution in [0.4, 0.5) is 11.4 Å². The number of nitrogens with zero attached hydrogens (tertiary/aromatic N) is 1. The largest absolute Gasteiger partial charge is 0.326 e. The second-order valence-corrected chi connectivity index (χ2v) is 5.60. The average Bonchev–Trinajstić information content (AvgIpc) is 2.89. The maximum atomic E-state index is 12.7. The number of hydrogen-bond donors (Lipinski definition) is 1. The zero-order valence-electron chi connectivity index (χ0n) is 12.7. The molecule has 0 spiro atoms. The molecule has 4 heteroatoms. The number of hydrogen-bond acceptors (Lipinski definition) is 2. The van der Waals surface area contributed by atoms with Crippen LogP contribution in [-0.2, 0) is 11.2 Å². The van der Waals surface area contributed by atoms with Gasteiger partial charge in [-0.25, -0.2) is 0 Å². The summed E-state index contributed by atoms with van der Waals surface area (Å²) < 4.78 is 0. The lowest BCUT2D eigenvalue weighted by atomic mass is 10.1. The number of carbonyl (C=O) groups is 2. The van der Waals surface area contributed by atoms with Gasteiger partial charge in [-0.05, 0) is 43.2 Å². The summed E-state index contributed by atoms with van der Waals surface area (Å²) in [5.74, 6) is -0.179. The molecule has 4 nitrogen and oxygen atoms in total. The van der Waals surface area contributed by atoms with E-state index in [0.29, 0.717) is 17.8 Å². The molecule has 1 N–H and O–H groups in total. The molecule has 0 aliphatic carbocycles. The zero-order valence-corrected chi connectivity index (χ0v) is 12.7. The Balaban J connectivity index is 1.88. The third-order valence-electron chi connectivity index (χ3n) is 3.81. The second-order valence-electron chi connectivity index (χ2n) is 5.60. The first-order valence-electron chi connectivity index (χ1n) is 7.33. The van der Waals surface area contributed by atoms with Gasteiger partial charge in [0.15, 0.2) is 0 Å². The van der Waals surface area contributed by atoms with Gasteiger partial charge in [0.25, 0.3) is 5.91 Å². The number of amides is 2. The van der Waals surface area contributed by atoms with Crippen molar-refractivity contribution in [1.29, 1.82) is 0 Å². The van der Waals surface area contributed by atoms with Crippen molar-refractivity contribution in [3.63, 3.8) is 0 Å². The third-order valence-corrected chi connectivity index (χ3v) is 3.81. The minimum absolute atomic E-state index is 0.0326. The SMILES string of the molecule is CC(=O)Nc1cccc(C(=O)N2CCc3cc(C)ccc32)c1. The molecule has 0 radical (unpaired) electrons. The predicted octanol–water partition coefficient (Wildman–Crippen LogP) is 3.16. The van der Waals surface area contributed by atoms with E-state index in [-0.39, 0.29) is 11.8 Å². The summed E-state index contributed by atoms with van der Waals surface area (Å²) in [6.45, 7) is 4.21. The summed E-state index contributed by atoms with van der Waals surface area (Å²) in [6, 6.07) is 13.2. The van der Waals surface area contributed by atoms with Crippen LogP contribution in [0.5, 0.6) is 0 Å². The molecular weight excluding hydrogens is 276 g/mol. The van der Waals surface area contributed by atoms with Gasteiger partial charge in [0, 0.05) is 30.4 Å². The van der Waals surface area contributed by atoms with Crippen molar-refractivity contribution in [1.82, 2.24) is 0 Å². The van der Waals surface area contributed by atoms with Gasteiger partial charge >= 0.3 is 0 Å². The maximum Gasteiger partial charge on any atom is 0.258 e. The molecule has 0 unspecified atom stereocenters. The average molecular weight is 294 g/mol. The molecule has 2 aromatic carbocycles. The van der Waals surface area contributed by atoms with Crippen LogP contribution in [0.25, 0.3) is 0 Å². The van der Waals surface area contributed by atoms with Gasteiger partial charge in [-0.2, -0.15) is 0 Å². The zero-order chi connectivity index (χ0) is 15.7. The van der Waals surface area contributed by atoms with Gasteiger partial charge in [0.1, 0.15) is 0 Å². The lowest BCUT2D eigenvalue weighted by molar-refractivity contribution is -0.114. The number of fused-ring (bicyclic) bond motifs is 1. The third kappa shape index (κ3) is 2.72. The maximum absolute atomic E-state index is 12.7. The highest BCUT2D eigenvalue weighted by Gasteiger charge is 2.25. The molecule has 2 aromatic rings. The molecule has 22 heavy (non-hydrogen) atoms. The van der Waals surface area contributed by atoms with Crippen molar-refractivity contribution < 1.29 is 9.59 Å². The molecular formula is C18H18N2O2. The molecule has 1 heterocycles. The van der Waals surface area contributed by atoms with E-state index in [2.05, 4.69) is 18.3 Å².